The van der Waals surface area contributed by atoms with Gasteiger partial charge in [0.25, 0.3) is 11.5 Å². The van der Waals surface area contributed by atoms with Gasteiger partial charge in [-0.1, -0.05) is 6.42 Å². The SMILES string of the molecule is CC(NC(=O)c1cnc2c(c1)c(=O)n(C)c(=O)n2C)C1CC2CCC1C2. The number of pyridine rings is 1. The molecule has 26 heavy (non-hydrogen) atoms. The average molecular weight is 356 g/mol. The molecule has 0 saturated heterocycles. The summed E-state index contributed by atoms with van der Waals surface area (Å²) < 4.78 is 2.35. The number of aromatic nitrogens is 3. The van der Waals surface area contributed by atoms with Gasteiger partial charge in [0, 0.05) is 26.3 Å². The second-order valence-electron chi connectivity index (χ2n) is 7.90. The van der Waals surface area contributed by atoms with Crippen LogP contribution in [0.25, 0.3) is 11.0 Å². The monoisotopic (exact) mass is 356 g/mol. The van der Waals surface area contributed by atoms with E-state index in [1.807, 2.05) is 0 Å². The molecule has 2 aliphatic carbocycles. The Labute approximate surface area is 151 Å². The minimum Gasteiger partial charge on any atom is -0.349 e. The van der Waals surface area contributed by atoms with Gasteiger partial charge in [0.05, 0.1) is 10.9 Å². The Bertz CT molecular complexity index is 1010. The second kappa shape index (κ2) is 6.07. The molecule has 0 aromatic carbocycles. The fourth-order valence-electron chi connectivity index (χ4n) is 4.89. The van der Waals surface area contributed by atoms with Crippen LogP contribution in [0.15, 0.2) is 21.9 Å². The van der Waals surface area contributed by atoms with E-state index in [4.69, 9.17) is 0 Å². The fraction of sp³-hybridized carbons (Fsp3) is 0.579. The molecule has 2 heterocycles. The van der Waals surface area contributed by atoms with Crippen molar-refractivity contribution in [1.29, 1.82) is 0 Å². The van der Waals surface area contributed by atoms with Crippen molar-refractivity contribution >= 4 is 16.9 Å². The van der Waals surface area contributed by atoms with Gasteiger partial charge in [0.1, 0.15) is 5.65 Å². The third kappa shape index (κ3) is 2.57. The molecule has 7 nitrogen and oxygen atoms in total. The molecule has 4 unspecified atom stereocenters. The number of nitrogens with zero attached hydrogens (tertiary/aromatic N) is 3. The zero-order valence-electron chi connectivity index (χ0n) is 15.4. The third-order valence-electron chi connectivity index (χ3n) is 6.35. The number of rotatable bonds is 3. The Balaban J connectivity index is 1.61. The topological polar surface area (TPSA) is 86.0 Å². The van der Waals surface area contributed by atoms with Crippen molar-refractivity contribution in [2.75, 3.05) is 0 Å². The molecule has 2 aromatic heterocycles. The van der Waals surface area contributed by atoms with Gasteiger partial charge in [-0.25, -0.2) is 9.78 Å². The van der Waals surface area contributed by atoms with Gasteiger partial charge >= 0.3 is 5.69 Å². The van der Waals surface area contributed by atoms with Gasteiger partial charge in [0.2, 0.25) is 0 Å². The first kappa shape index (κ1) is 17.0. The van der Waals surface area contributed by atoms with E-state index in [-0.39, 0.29) is 23.0 Å². The molecule has 7 heteroatoms. The van der Waals surface area contributed by atoms with Crippen LogP contribution in [-0.4, -0.2) is 26.1 Å². The van der Waals surface area contributed by atoms with Crippen molar-refractivity contribution in [3.8, 4) is 0 Å². The van der Waals surface area contributed by atoms with Crippen LogP contribution in [-0.2, 0) is 14.1 Å². The molecule has 4 atom stereocenters. The first-order valence-electron chi connectivity index (χ1n) is 9.23. The highest BCUT2D eigenvalue weighted by Crippen LogP contribution is 2.49. The molecule has 0 spiro atoms. The molecule has 138 valence electrons. The fourth-order valence-corrected chi connectivity index (χ4v) is 4.89. The summed E-state index contributed by atoms with van der Waals surface area (Å²) in [5.41, 5.74) is -0.234. The van der Waals surface area contributed by atoms with Crippen LogP contribution in [0.3, 0.4) is 0 Å². The van der Waals surface area contributed by atoms with E-state index >= 15 is 0 Å². The van der Waals surface area contributed by atoms with Crippen molar-refractivity contribution in [3.63, 3.8) is 0 Å². The van der Waals surface area contributed by atoms with Gasteiger partial charge in [-0.3, -0.25) is 18.7 Å². The number of aryl methyl sites for hydroxylation is 1. The quantitative estimate of drug-likeness (QED) is 0.895. The van der Waals surface area contributed by atoms with Crippen LogP contribution < -0.4 is 16.6 Å². The number of fused-ring (bicyclic) bond motifs is 3. The molecule has 4 rings (SSSR count). The molecule has 1 N–H and O–H groups in total. The first-order valence-corrected chi connectivity index (χ1v) is 9.23. The van der Waals surface area contributed by atoms with Crippen molar-refractivity contribution in [3.05, 3.63) is 38.7 Å². The predicted octanol–water partition coefficient (Wildman–Crippen LogP) is 1.19. The Morgan fingerprint density at radius 3 is 2.65 bits per heavy atom. The van der Waals surface area contributed by atoms with Crippen LogP contribution in [0.5, 0.6) is 0 Å². The summed E-state index contributed by atoms with van der Waals surface area (Å²) in [6.07, 6.45) is 6.54. The normalized spacial score (nSPS) is 25.6. The molecular weight excluding hydrogens is 332 g/mol. The summed E-state index contributed by atoms with van der Waals surface area (Å²) in [7, 11) is 2.99. The van der Waals surface area contributed by atoms with Crippen LogP contribution in [0.4, 0.5) is 0 Å². The summed E-state index contributed by atoms with van der Waals surface area (Å²) in [5, 5.41) is 3.36. The minimum absolute atomic E-state index is 0.108. The minimum atomic E-state index is -0.439. The molecular formula is C19H24N4O3. The highest BCUT2D eigenvalue weighted by molar-refractivity contribution is 5.96. The Hall–Kier alpha value is -2.44. The van der Waals surface area contributed by atoms with E-state index in [0.717, 1.165) is 16.4 Å². The Morgan fingerprint density at radius 1 is 1.23 bits per heavy atom. The van der Waals surface area contributed by atoms with Crippen LogP contribution in [0, 0.1) is 17.8 Å². The number of amides is 1. The summed E-state index contributed by atoms with van der Waals surface area (Å²) in [5.74, 6) is 1.88. The highest BCUT2D eigenvalue weighted by Gasteiger charge is 2.42. The van der Waals surface area contributed by atoms with E-state index in [1.54, 1.807) is 7.05 Å². The van der Waals surface area contributed by atoms with E-state index < -0.39 is 11.2 Å². The molecule has 0 radical (unpaired) electrons. The molecule has 2 saturated carbocycles. The van der Waals surface area contributed by atoms with E-state index in [1.165, 1.54) is 49.6 Å². The van der Waals surface area contributed by atoms with E-state index in [9.17, 15) is 14.4 Å². The van der Waals surface area contributed by atoms with Crippen LogP contribution >= 0.6 is 0 Å². The van der Waals surface area contributed by atoms with Crippen molar-refractivity contribution in [2.24, 2.45) is 31.8 Å². The van der Waals surface area contributed by atoms with Gasteiger partial charge < -0.3 is 5.32 Å². The number of carbonyl (C=O) groups is 1. The summed E-state index contributed by atoms with van der Waals surface area (Å²) in [6.45, 7) is 2.07. The van der Waals surface area contributed by atoms with Crippen LogP contribution in [0.1, 0.15) is 43.0 Å². The van der Waals surface area contributed by atoms with Crippen molar-refractivity contribution in [2.45, 2.75) is 38.6 Å². The molecule has 2 fully saturated rings. The molecule has 1 amide bonds. The third-order valence-corrected chi connectivity index (χ3v) is 6.35. The Kier molecular flexibility index (Phi) is 3.97. The van der Waals surface area contributed by atoms with E-state index in [0.29, 0.717) is 11.5 Å². The number of carbonyl (C=O) groups excluding carboxylic acids is 1. The van der Waals surface area contributed by atoms with Crippen molar-refractivity contribution < 1.29 is 4.79 Å². The van der Waals surface area contributed by atoms with Gasteiger partial charge in [-0.15, -0.1) is 0 Å². The maximum Gasteiger partial charge on any atom is 0.332 e. The highest BCUT2D eigenvalue weighted by atomic mass is 16.2. The Morgan fingerprint density at radius 2 is 2.00 bits per heavy atom. The standard InChI is InChI=1S/C19H24N4O3/c1-10(14-7-11-4-5-12(14)6-11)21-17(24)13-8-15-16(20-9-13)22(2)19(26)23(3)18(15)25/h8-12,14H,4-7H2,1-3H3,(H,21,24). The predicted molar refractivity (Wildman–Crippen MR) is 98.1 cm³/mol. The summed E-state index contributed by atoms with van der Waals surface area (Å²) >= 11 is 0. The summed E-state index contributed by atoms with van der Waals surface area (Å²) in [4.78, 5) is 41.2. The first-order chi connectivity index (χ1) is 12.4. The van der Waals surface area contributed by atoms with Crippen molar-refractivity contribution in [1.82, 2.24) is 19.4 Å². The van der Waals surface area contributed by atoms with Gasteiger partial charge in [-0.05, 0) is 50.0 Å². The zero-order chi connectivity index (χ0) is 18.6. The largest absolute Gasteiger partial charge is 0.349 e. The second-order valence-corrected chi connectivity index (χ2v) is 7.90. The number of hydrogen-bond donors (Lipinski definition) is 1. The lowest BCUT2D eigenvalue weighted by molar-refractivity contribution is 0.0915. The lowest BCUT2D eigenvalue weighted by Gasteiger charge is -2.28. The number of nitrogens with one attached hydrogen (secondary N) is 1. The maximum atomic E-state index is 12.7. The molecule has 2 aromatic rings. The van der Waals surface area contributed by atoms with Gasteiger partial charge in [-0.2, -0.15) is 0 Å². The molecule has 2 bridgehead atoms. The van der Waals surface area contributed by atoms with Crippen LogP contribution in [0.2, 0.25) is 0 Å². The molecule has 0 aliphatic heterocycles. The molecule has 2 aliphatic rings. The number of hydrogen-bond acceptors (Lipinski definition) is 4. The smallest absolute Gasteiger partial charge is 0.332 e. The maximum absolute atomic E-state index is 12.7. The van der Waals surface area contributed by atoms with E-state index in [2.05, 4.69) is 17.2 Å². The lowest BCUT2D eigenvalue weighted by atomic mass is 9.84. The summed E-state index contributed by atoms with van der Waals surface area (Å²) in [6, 6.07) is 1.64. The lowest BCUT2D eigenvalue weighted by Crippen LogP contribution is -2.40. The zero-order valence-corrected chi connectivity index (χ0v) is 15.4. The van der Waals surface area contributed by atoms with Gasteiger partial charge in [0.15, 0.2) is 0 Å². The average Bonchev–Trinajstić information content (AvgIpc) is 3.27.